The van der Waals surface area contributed by atoms with Crippen LogP contribution >= 0.6 is 23.1 Å². The maximum absolute atomic E-state index is 12.4. The molecule has 0 saturated carbocycles. The van der Waals surface area contributed by atoms with Gasteiger partial charge in [0, 0.05) is 24.6 Å². The number of unbranched alkanes of at least 4 members (excludes halogenated alkanes) is 1. The van der Waals surface area contributed by atoms with E-state index in [0.717, 1.165) is 36.2 Å². The van der Waals surface area contributed by atoms with E-state index in [9.17, 15) is 9.59 Å². The molecule has 0 radical (unpaired) electrons. The summed E-state index contributed by atoms with van der Waals surface area (Å²) in [5, 5.41) is 9.91. The van der Waals surface area contributed by atoms with Crippen LogP contribution < -0.4 is 10.6 Å². The SMILES string of the molecule is CCCCn1c(SCc2csc(N(C(C)=O)c3ccccc3CC)n2)n[nH]c1=O. The van der Waals surface area contributed by atoms with E-state index in [2.05, 4.69) is 29.0 Å². The molecule has 3 rings (SSSR count). The summed E-state index contributed by atoms with van der Waals surface area (Å²) < 4.78 is 1.67. The molecule has 1 aromatic carbocycles. The number of thiazole rings is 1. The lowest BCUT2D eigenvalue weighted by molar-refractivity contribution is -0.115. The van der Waals surface area contributed by atoms with Crippen molar-refractivity contribution in [3.05, 3.63) is 51.4 Å². The second kappa shape index (κ2) is 9.89. The van der Waals surface area contributed by atoms with Gasteiger partial charge in [-0.3, -0.25) is 14.3 Å². The lowest BCUT2D eigenvalue weighted by Crippen LogP contribution is -2.23. The molecule has 154 valence electrons. The molecule has 0 fully saturated rings. The fraction of sp³-hybridized carbons (Fsp3) is 0.400. The second-order valence-electron chi connectivity index (χ2n) is 6.56. The topological polar surface area (TPSA) is 83.9 Å². The summed E-state index contributed by atoms with van der Waals surface area (Å²) in [4.78, 5) is 30.6. The number of nitrogens with one attached hydrogen (secondary N) is 1. The van der Waals surface area contributed by atoms with Gasteiger partial charge in [-0.1, -0.05) is 50.2 Å². The molecule has 1 amide bonds. The predicted molar refractivity (Wildman–Crippen MR) is 118 cm³/mol. The smallest absolute Gasteiger partial charge is 0.274 e. The minimum absolute atomic E-state index is 0.0693. The highest BCUT2D eigenvalue weighted by Crippen LogP contribution is 2.33. The number of aromatic nitrogens is 4. The number of hydrogen-bond acceptors (Lipinski definition) is 6. The highest BCUT2D eigenvalue weighted by molar-refractivity contribution is 7.98. The number of H-pyrrole nitrogens is 1. The van der Waals surface area contributed by atoms with Crippen LogP contribution in [0.2, 0.25) is 0 Å². The Morgan fingerprint density at radius 1 is 1.31 bits per heavy atom. The third kappa shape index (κ3) is 4.97. The lowest BCUT2D eigenvalue weighted by atomic mass is 10.1. The normalized spacial score (nSPS) is 11.0. The summed E-state index contributed by atoms with van der Waals surface area (Å²) >= 11 is 2.91. The Hall–Kier alpha value is -2.39. The van der Waals surface area contributed by atoms with Gasteiger partial charge in [-0.15, -0.1) is 16.4 Å². The minimum atomic E-state index is -0.182. The molecule has 2 aromatic heterocycles. The quantitative estimate of drug-likeness (QED) is 0.509. The summed E-state index contributed by atoms with van der Waals surface area (Å²) in [6.45, 7) is 6.37. The van der Waals surface area contributed by atoms with Crippen molar-refractivity contribution in [2.24, 2.45) is 0 Å². The zero-order valence-electron chi connectivity index (χ0n) is 16.8. The van der Waals surface area contributed by atoms with Crippen LogP contribution in [0.3, 0.4) is 0 Å². The Bertz CT molecular complexity index is 1020. The molecule has 29 heavy (non-hydrogen) atoms. The molecule has 1 N–H and O–H groups in total. The molecule has 0 aliphatic rings. The molecule has 3 aromatic rings. The van der Waals surface area contributed by atoms with Gasteiger partial charge in [0.05, 0.1) is 11.4 Å². The van der Waals surface area contributed by atoms with Crippen molar-refractivity contribution in [1.82, 2.24) is 19.7 Å². The van der Waals surface area contributed by atoms with Gasteiger partial charge in [0.1, 0.15) is 0 Å². The van der Waals surface area contributed by atoms with E-state index in [-0.39, 0.29) is 11.6 Å². The van der Waals surface area contributed by atoms with Crippen molar-refractivity contribution >= 4 is 39.8 Å². The number of carbonyl (C=O) groups excluding carboxylic acids is 1. The Kier molecular flexibility index (Phi) is 7.27. The number of rotatable bonds is 9. The Morgan fingerprint density at radius 2 is 2.10 bits per heavy atom. The number of aromatic amines is 1. The van der Waals surface area contributed by atoms with Gasteiger partial charge in [-0.05, 0) is 24.5 Å². The summed E-state index contributed by atoms with van der Waals surface area (Å²) in [7, 11) is 0. The van der Waals surface area contributed by atoms with E-state index < -0.39 is 0 Å². The molecule has 0 spiro atoms. The summed E-state index contributed by atoms with van der Waals surface area (Å²) in [6, 6.07) is 7.89. The highest BCUT2D eigenvalue weighted by atomic mass is 32.2. The minimum Gasteiger partial charge on any atom is -0.274 e. The largest absolute Gasteiger partial charge is 0.343 e. The predicted octanol–water partition coefficient (Wildman–Crippen LogP) is 4.37. The number of nitrogens with zero attached hydrogens (tertiary/aromatic N) is 4. The van der Waals surface area contributed by atoms with Gasteiger partial charge in [0.25, 0.3) is 0 Å². The zero-order valence-corrected chi connectivity index (χ0v) is 18.5. The van der Waals surface area contributed by atoms with Crippen LogP contribution in [0.1, 0.15) is 44.9 Å². The third-order valence-electron chi connectivity index (χ3n) is 4.47. The standard InChI is InChI=1S/C20H25N5O2S2/c1-4-6-11-24-18(27)22-23-20(24)29-13-16-12-28-19(21-16)25(14(3)26)17-10-8-7-9-15(17)5-2/h7-10,12H,4-6,11,13H2,1-3H3,(H,22,27). The average Bonchev–Trinajstić information content (AvgIpc) is 3.31. The van der Waals surface area contributed by atoms with Crippen molar-refractivity contribution in [2.75, 3.05) is 4.90 Å². The van der Waals surface area contributed by atoms with Crippen LogP contribution in [0.25, 0.3) is 0 Å². The van der Waals surface area contributed by atoms with Crippen molar-refractivity contribution in [3.63, 3.8) is 0 Å². The highest BCUT2D eigenvalue weighted by Gasteiger charge is 2.20. The summed E-state index contributed by atoms with van der Waals surface area (Å²) in [5.41, 5.74) is 2.65. The van der Waals surface area contributed by atoms with Crippen LogP contribution in [-0.4, -0.2) is 25.7 Å². The molecule has 0 unspecified atom stereocenters. The van der Waals surface area contributed by atoms with Gasteiger partial charge in [-0.2, -0.15) is 0 Å². The number of anilines is 2. The van der Waals surface area contributed by atoms with Crippen molar-refractivity contribution in [3.8, 4) is 0 Å². The monoisotopic (exact) mass is 431 g/mol. The number of benzene rings is 1. The van der Waals surface area contributed by atoms with Crippen LogP contribution in [0.5, 0.6) is 0 Å². The summed E-state index contributed by atoms with van der Waals surface area (Å²) in [6.07, 6.45) is 2.78. The van der Waals surface area contributed by atoms with Crippen molar-refractivity contribution in [2.45, 2.75) is 57.5 Å². The fourth-order valence-electron chi connectivity index (χ4n) is 2.97. The van der Waals surface area contributed by atoms with E-state index in [1.165, 1.54) is 23.1 Å². The van der Waals surface area contributed by atoms with E-state index in [0.29, 0.717) is 22.6 Å². The van der Waals surface area contributed by atoms with Gasteiger partial charge >= 0.3 is 5.69 Å². The maximum Gasteiger partial charge on any atom is 0.343 e. The molecule has 7 nitrogen and oxygen atoms in total. The van der Waals surface area contributed by atoms with Gasteiger partial charge in [-0.25, -0.2) is 14.9 Å². The van der Waals surface area contributed by atoms with Crippen LogP contribution in [0, 0.1) is 0 Å². The van der Waals surface area contributed by atoms with Crippen molar-refractivity contribution < 1.29 is 4.79 Å². The first-order chi connectivity index (χ1) is 14.0. The molecule has 9 heteroatoms. The number of hydrogen-bond donors (Lipinski definition) is 1. The van der Waals surface area contributed by atoms with Gasteiger partial charge < -0.3 is 0 Å². The van der Waals surface area contributed by atoms with Gasteiger partial charge in [0.15, 0.2) is 10.3 Å². The van der Waals surface area contributed by atoms with Gasteiger partial charge in [0.2, 0.25) is 5.91 Å². The summed E-state index contributed by atoms with van der Waals surface area (Å²) in [5.74, 6) is 0.508. The molecular formula is C20H25N5O2S2. The average molecular weight is 432 g/mol. The second-order valence-corrected chi connectivity index (χ2v) is 8.34. The first-order valence-electron chi connectivity index (χ1n) is 9.66. The van der Waals surface area contributed by atoms with Crippen molar-refractivity contribution in [1.29, 1.82) is 0 Å². The molecule has 0 aliphatic heterocycles. The van der Waals surface area contributed by atoms with E-state index in [1.54, 1.807) is 16.4 Å². The molecule has 0 saturated heterocycles. The molecule has 0 atom stereocenters. The first-order valence-corrected chi connectivity index (χ1v) is 11.5. The Morgan fingerprint density at radius 3 is 2.83 bits per heavy atom. The number of para-hydroxylation sites is 1. The van der Waals surface area contributed by atoms with Crippen LogP contribution in [0.4, 0.5) is 10.8 Å². The lowest BCUT2D eigenvalue weighted by Gasteiger charge is -2.20. The van der Waals surface area contributed by atoms with Crippen LogP contribution in [-0.2, 0) is 23.5 Å². The molecular weight excluding hydrogens is 406 g/mol. The number of carbonyl (C=O) groups is 1. The maximum atomic E-state index is 12.4. The van der Waals surface area contributed by atoms with Crippen LogP contribution in [0.15, 0.2) is 39.6 Å². The first kappa shape index (κ1) is 21.3. The van der Waals surface area contributed by atoms with E-state index in [4.69, 9.17) is 0 Å². The third-order valence-corrected chi connectivity index (χ3v) is 6.35. The molecule has 0 bridgehead atoms. The number of amides is 1. The number of thioether (sulfide) groups is 1. The van der Waals surface area contributed by atoms with E-state index >= 15 is 0 Å². The molecule has 2 heterocycles. The fourth-order valence-corrected chi connectivity index (χ4v) is 4.82. The Labute approximate surface area is 178 Å². The molecule has 0 aliphatic carbocycles. The Balaban J connectivity index is 1.78. The number of aryl methyl sites for hydroxylation is 1. The zero-order chi connectivity index (χ0) is 20.8. The van der Waals surface area contributed by atoms with E-state index in [1.807, 2.05) is 29.6 Å².